The minimum absolute atomic E-state index is 0.278. The lowest BCUT2D eigenvalue weighted by Gasteiger charge is -2.14. The molecule has 2 rings (SSSR count). The van der Waals surface area contributed by atoms with E-state index in [0.717, 1.165) is 0 Å². The van der Waals surface area contributed by atoms with Crippen molar-refractivity contribution in [3.05, 3.63) is 52.0 Å². The highest BCUT2D eigenvalue weighted by Gasteiger charge is 2.15. The Kier molecular flexibility index (Phi) is 4.94. The predicted molar refractivity (Wildman–Crippen MR) is 86.6 cm³/mol. The van der Waals surface area contributed by atoms with Gasteiger partial charge in [-0.2, -0.15) is 0 Å². The number of carbonyl (C=O) groups is 1. The largest absolute Gasteiger partial charge is 0.462 e. The molecule has 0 saturated heterocycles. The lowest BCUT2D eigenvalue weighted by molar-refractivity contribution is 0.0527. The third-order valence-electron chi connectivity index (χ3n) is 2.76. The zero-order valence-corrected chi connectivity index (χ0v) is 12.8. The number of halogens is 2. The van der Waals surface area contributed by atoms with Gasteiger partial charge in [0.05, 0.1) is 33.6 Å². The van der Waals surface area contributed by atoms with Gasteiger partial charge in [0.25, 0.3) is 0 Å². The predicted octanol–water partition coefficient (Wildman–Crippen LogP) is 4.50. The van der Waals surface area contributed by atoms with Crippen molar-refractivity contribution in [3.8, 4) is 0 Å². The Bertz CT molecular complexity index is 654. The lowest BCUT2D eigenvalue weighted by Crippen LogP contribution is -2.09. The van der Waals surface area contributed by atoms with Crippen molar-refractivity contribution < 1.29 is 9.53 Å². The van der Waals surface area contributed by atoms with E-state index in [-0.39, 0.29) is 6.61 Å². The van der Waals surface area contributed by atoms with Crippen molar-refractivity contribution in [2.24, 2.45) is 0 Å². The minimum Gasteiger partial charge on any atom is -0.462 e. The van der Waals surface area contributed by atoms with Gasteiger partial charge in [-0.05, 0) is 37.3 Å². The zero-order chi connectivity index (χ0) is 15.4. The van der Waals surface area contributed by atoms with Crippen molar-refractivity contribution in [2.45, 2.75) is 6.92 Å². The topological polar surface area (TPSA) is 64.3 Å². The Morgan fingerprint density at radius 1 is 1.24 bits per heavy atom. The molecule has 0 aliphatic heterocycles. The van der Waals surface area contributed by atoms with Crippen molar-refractivity contribution >= 4 is 46.2 Å². The van der Waals surface area contributed by atoms with E-state index in [1.54, 1.807) is 43.3 Å². The SMILES string of the molecule is CCOC(=O)c1cc(N)ccc1Nc1c(Cl)cccc1Cl. The highest BCUT2D eigenvalue weighted by Crippen LogP contribution is 2.34. The number of rotatable bonds is 4. The van der Waals surface area contributed by atoms with Gasteiger partial charge in [0.1, 0.15) is 0 Å². The van der Waals surface area contributed by atoms with Crippen molar-refractivity contribution in [1.29, 1.82) is 0 Å². The normalized spacial score (nSPS) is 10.2. The summed E-state index contributed by atoms with van der Waals surface area (Å²) < 4.78 is 5.02. The molecule has 2 aromatic rings. The van der Waals surface area contributed by atoms with E-state index in [1.165, 1.54) is 0 Å². The number of ether oxygens (including phenoxy) is 1. The third kappa shape index (κ3) is 3.60. The molecular formula is C15H14Cl2N2O2. The Labute approximate surface area is 132 Å². The van der Waals surface area contributed by atoms with Crippen LogP contribution in [-0.4, -0.2) is 12.6 Å². The van der Waals surface area contributed by atoms with E-state index < -0.39 is 5.97 Å². The van der Waals surface area contributed by atoms with Gasteiger partial charge in [-0.1, -0.05) is 29.3 Å². The lowest BCUT2D eigenvalue weighted by atomic mass is 10.1. The number of benzene rings is 2. The summed E-state index contributed by atoms with van der Waals surface area (Å²) in [5, 5.41) is 3.96. The molecule has 0 aliphatic rings. The molecule has 0 aromatic heterocycles. The molecule has 4 nitrogen and oxygen atoms in total. The Hall–Kier alpha value is -1.91. The summed E-state index contributed by atoms with van der Waals surface area (Å²) in [6, 6.07) is 10.1. The zero-order valence-electron chi connectivity index (χ0n) is 11.3. The average molecular weight is 325 g/mol. The van der Waals surface area contributed by atoms with E-state index in [2.05, 4.69) is 5.32 Å². The number of hydrogen-bond donors (Lipinski definition) is 2. The molecule has 0 spiro atoms. The molecule has 0 radical (unpaired) electrons. The van der Waals surface area contributed by atoms with Crippen LogP contribution in [-0.2, 0) is 4.74 Å². The number of nitrogens with one attached hydrogen (secondary N) is 1. The fourth-order valence-electron chi connectivity index (χ4n) is 1.80. The molecule has 0 bridgehead atoms. The van der Waals surface area contributed by atoms with Crippen molar-refractivity contribution in [2.75, 3.05) is 17.7 Å². The highest BCUT2D eigenvalue weighted by molar-refractivity contribution is 6.39. The van der Waals surface area contributed by atoms with Crippen LogP contribution in [0.1, 0.15) is 17.3 Å². The van der Waals surface area contributed by atoms with Gasteiger partial charge in [-0.25, -0.2) is 4.79 Å². The number of nitrogen functional groups attached to an aromatic ring is 1. The molecule has 0 fully saturated rings. The maximum atomic E-state index is 12.0. The minimum atomic E-state index is -0.463. The first-order valence-corrected chi connectivity index (χ1v) is 7.06. The first-order valence-electron chi connectivity index (χ1n) is 6.30. The number of carbonyl (C=O) groups excluding carboxylic acids is 1. The average Bonchev–Trinajstić information content (AvgIpc) is 2.44. The smallest absolute Gasteiger partial charge is 0.340 e. The Morgan fingerprint density at radius 3 is 2.52 bits per heavy atom. The van der Waals surface area contributed by atoms with Crippen LogP contribution >= 0.6 is 23.2 Å². The second kappa shape index (κ2) is 6.70. The summed E-state index contributed by atoms with van der Waals surface area (Å²) in [4.78, 5) is 12.0. The van der Waals surface area contributed by atoms with Gasteiger partial charge in [-0.3, -0.25) is 0 Å². The van der Waals surface area contributed by atoms with Gasteiger partial charge >= 0.3 is 5.97 Å². The molecule has 2 aromatic carbocycles. The summed E-state index contributed by atoms with van der Waals surface area (Å²) >= 11 is 12.2. The molecule has 0 aliphatic carbocycles. The standard InChI is InChI=1S/C15H14Cl2N2O2/c1-2-21-15(20)10-8-9(18)6-7-13(10)19-14-11(16)4-3-5-12(14)17/h3-8,19H,2,18H2,1H3. The van der Waals surface area contributed by atoms with Crippen LogP contribution in [0, 0.1) is 0 Å². The van der Waals surface area contributed by atoms with Crippen LogP contribution in [0.25, 0.3) is 0 Å². The van der Waals surface area contributed by atoms with E-state index in [0.29, 0.717) is 32.7 Å². The highest BCUT2D eigenvalue weighted by atomic mass is 35.5. The van der Waals surface area contributed by atoms with E-state index >= 15 is 0 Å². The van der Waals surface area contributed by atoms with Gasteiger partial charge in [-0.15, -0.1) is 0 Å². The van der Waals surface area contributed by atoms with Gasteiger partial charge in [0.2, 0.25) is 0 Å². The fraction of sp³-hybridized carbons (Fsp3) is 0.133. The van der Waals surface area contributed by atoms with E-state index in [1.807, 2.05) is 0 Å². The molecule has 0 atom stereocenters. The molecule has 3 N–H and O–H groups in total. The first-order chi connectivity index (χ1) is 10.0. The molecule has 110 valence electrons. The summed E-state index contributed by atoms with van der Waals surface area (Å²) in [6.45, 7) is 2.02. The molecule has 0 saturated carbocycles. The van der Waals surface area contributed by atoms with Gasteiger partial charge in [0.15, 0.2) is 0 Å². The summed E-state index contributed by atoms with van der Waals surface area (Å²) in [7, 11) is 0. The second-order valence-corrected chi connectivity index (χ2v) is 5.06. The summed E-state index contributed by atoms with van der Waals surface area (Å²) in [5.74, 6) is -0.463. The maximum absolute atomic E-state index is 12.0. The van der Waals surface area contributed by atoms with Crippen molar-refractivity contribution in [3.63, 3.8) is 0 Å². The molecular weight excluding hydrogens is 311 g/mol. The number of hydrogen-bond acceptors (Lipinski definition) is 4. The third-order valence-corrected chi connectivity index (χ3v) is 3.39. The number of nitrogens with two attached hydrogens (primary N) is 1. The Balaban J connectivity index is 2.42. The van der Waals surface area contributed by atoms with Crippen molar-refractivity contribution in [1.82, 2.24) is 0 Å². The monoisotopic (exact) mass is 324 g/mol. The molecule has 0 heterocycles. The fourth-order valence-corrected chi connectivity index (χ4v) is 2.29. The van der Waals surface area contributed by atoms with E-state index in [9.17, 15) is 4.79 Å². The van der Waals surface area contributed by atoms with Gasteiger partial charge in [0, 0.05) is 5.69 Å². The van der Waals surface area contributed by atoms with Crippen LogP contribution in [0.2, 0.25) is 10.0 Å². The van der Waals surface area contributed by atoms with Crippen LogP contribution in [0.3, 0.4) is 0 Å². The summed E-state index contributed by atoms with van der Waals surface area (Å²) in [5.41, 5.74) is 7.57. The Morgan fingerprint density at radius 2 is 1.90 bits per heavy atom. The van der Waals surface area contributed by atoms with E-state index in [4.69, 9.17) is 33.7 Å². The van der Waals surface area contributed by atoms with Crippen LogP contribution in [0.15, 0.2) is 36.4 Å². The van der Waals surface area contributed by atoms with Crippen LogP contribution < -0.4 is 11.1 Å². The van der Waals surface area contributed by atoms with Gasteiger partial charge < -0.3 is 15.8 Å². The molecule has 6 heteroatoms. The maximum Gasteiger partial charge on any atom is 0.340 e. The second-order valence-electron chi connectivity index (χ2n) is 4.25. The molecule has 0 unspecified atom stereocenters. The quantitative estimate of drug-likeness (QED) is 0.642. The molecule has 21 heavy (non-hydrogen) atoms. The summed E-state index contributed by atoms with van der Waals surface area (Å²) in [6.07, 6.45) is 0. The number of esters is 1. The van der Waals surface area contributed by atoms with Crippen LogP contribution in [0.5, 0.6) is 0 Å². The first kappa shape index (κ1) is 15.5. The number of para-hydroxylation sites is 1. The van der Waals surface area contributed by atoms with Crippen LogP contribution in [0.4, 0.5) is 17.1 Å². The molecule has 0 amide bonds. The number of anilines is 3.